The monoisotopic (exact) mass is 477 g/mol. The highest BCUT2D eigenvalue weighted by Crippen LogP contribution is 2.13. The van der Waals surface area contributed by atoms with E-state index in [1.165, 1.54) is 21.3 Å². The molecule has 1 rings (SSSR count). The van der Waals surface area contributed by atoms with Crippen molar-refractivity contribution in [1.29, 1.82) is 0 Å². The van der Waals surface area contributed by atoms with Gasteiger partial charge < -0.3 is 29.5 Å². The molecule has 0 aliphatic rings. The van der Waals surface area contributed by atoms with Crippen LogP contribution in [0.2, 0.25) is 0 Å². The Kier molecular flexibility index (Phi) is 10.6. The first-order valence-corrected chi connectivity index (χ1v) is 9.69. The van der Waals surface area contributed by atoms with E-state index in [2.05, 4.69) is 0 Å². The normalized spacial score (nSPS) is 13.9. The fourth-order valence-electron chi connectivity index (χ4n) is 3.17. The standard InChI is InChI=1S/C18H27N3O12/c1-31-7-4-10(13(22)23)19-16(28)20(11(14(24)25)5-8-32-2)18(30)21(17(19)29)12(15(26)27)6-9-33-3/h10-12H,4-9H2,1-3H3,(H,22,23)(H,24,25)(H,26,27). The topological polar surface area (TPSA) is 206 Å². The highest BCUT2D eigenvalue weighted by atomic mass is 16.5. The average molecular weight is 477 g/mol. The lowest BCUT2D eigenvalue weighted by Crippen LogP contribution is -2.59. The van der Waals surface area contributed by atoms with E-state index in [-0.39, 0.29) is 33.5 Å². The fraction of sp³-hybridized carbons (Fsp3) is 0.667. The maximum absolute atomic E-state index is 13.1. The smallest absolute Gasteiger partial charge is 0.337 e. The van der Waals surface area contributed by atoms with Crippen LogP contribution in [0.4, 0.5) is 0 Å². The van der Waals surface area contributed by atoms with Crippen molar-refractivity contribution in [2.75, 3.05) is 41.2 Å². The Morgan fingerprint density at radius 2 is 0.818 bits per heavy atom. The highest BCUT2D eigenvalue weighted by Gasteiger charge is 2.35. The highest BCUT2D eigenvalue weighted by molar-refractivity contribution is 5.73. The molecule has 1 aromatic rings. The summed E-state index contributed by atoms with van der Waals surface area (Å²) in [5.74, 6) is -4.93. The van der Waals surface area contributed by atoms with Gasteiger partial charge in [-0.15, -0.1) is 0 Å². The Hall–Kier alpha value is -3.30. The average Bonchev–Trinajstić information content (AvgIpc) is 2.74. The van der Waals surface area contributed by atoms with E-state index < -0.39 is 72.4 Å². The molecule has 0 fully saturated rings. The lowest BCUT2D eigenvalue weighted by Gasteiger charge is -2.23. The number of nitrogens with zero attached hydrogens (tertiary/aromatic N) is 3. The first-order chi connectivity index (χ1) is 15.5. The van der Waals surface area contributed by atoms with Crippen molar-refractivity contribution >= 4 is 17.9 Å². The van der Waals surface area contributed by atoms with Gasteiger partial charge in [-0.3, -0.25) is 0 Å². The molecular formula is C18H27N3O12. The van der Waals surface area contributed by atoms with Crippen LogP contribution in [0, 0.1) is 0 Å². The second-order valence-electron chi connectivity index (χ2n) is 6.86. The van der Waals surface area contributed by atoms with Crippen molar-refractivity contribution in [3.63, 3.8) is 0 Å². The molecule has 0 aliphatic heterocycles. The van der Waals surface area contributed by atoms with Crippen LogP contribution in [-0.2, 0) is 28.6 Å². The van der Waals surface area contributed by atoms with Gasteiger partial charge in [0.2, 0.25) is 0 Å². The number of carboxylic acids is 3. The van der Waals surface area contributed by atoms with Gasteiger partial charge in [0, 0.05) is 60.4 Å². The van der Waals surface area contributed by atoms with Crippen LogP contribution < -0.4 is 17.1 Å². The SMILES string of the molecule is COCCC(C(=O)O)n1c(=O)n(C(CCOC)C(=O)O)c(=O)n(C(CCOC)C(=O)O)c1=O. The maximum atomic E-state index is 13.1. The minimum absolute atomic E-state index is 0.161. The minimum atomic E-state index is -1.86. The van der Waals surface area contributed by atoms with Gasteiger partial charge in [0.25, 0.3) is 0 Å². The lowest BCUT2D eigenvalue weighted by atomic mass is 10.2. The second kappa shape index (κ2) is 12.7. The molecule has 0 aromatic carbocycles. The summed E-state index contributed by atoms with van der Waals surface area (Å²) >= 11 is 0. The van der Waals surface area contributed by atoms with E-state index in [0.29, 0.717) is 0 Å². The van der Waals surface area contributed by atoms with Crippen LogP contribution in [-0.4, -0.2) is 88.1 Å². The number of ether oxygens (including phenoxy) is 3. The van der Waals surface area contributed by atoms with Crippen molar-refractivity contribution in [3.8, 4) is 0 Å². The first kappa shape index (κ1) is 27.7. The Morgan fingerprint density at radius 3 is 0.970 bits per heavy atom. The Bertz CT molecular complexity index is 865. The van der Waals surface area contributed by atoms with E-state index in [4.69, 9.17) is 14.2 Å². The van der Waals surface area contributed by atoms with Crippen LogP contribution in [0.5, 0.6) is 0 Å². The molecule has 15 heteroatoms. The summed E-state index contributed by atoms with van der Waals surface area (Å²) < 4.78 is 14.9. The number of methoxy groups -OCH3 is 3. The molecule has 0 radical (unpaired) electrons. The molecule has 0 aliphatic carbocycles. The molecule has 3 unspecified atom stereocenters. The number of aliphatic carboxylic acids is 3. The first-order valence-electron chi connectivity index (χ1n) is 9.69. The molecular weight excluding hydrogens is 450 g/mol. The largest absolute Gasteiger partial charge is 0.480 e. The number of aromatic nitrogens is 3. The van der Waals surface area contributed by atoms with Crippen LogP contribution in [0.1, 0.15) is 37.4 Å². The van der Waals surface area contributed by atoms with Crippen molar-refractivity contribution in [2.24, 2.45) is 0 Å². The number of rotatable bonds is 15. The van der Waals surface area contributed by atoms with Crippen LogP contribution in [0.15, 0.2) is 14.4 Å². The van der Waals surface area contributed by atoms with Crippen molar-refractivity contribution < 1.29 is 43.9 Å². The summed E-state index contributed by atoms with van der Waals surface area (Å²) in [6.07, 6.45) is -1.19. The van der Waals surface area contributed by atoms with Gasteiger partial charge >= 0.3 is 35.0 Å². The zero-order chi connectivity index (χ0) is 25.3. The predicted molar refractivity (Wildman–Crippen MR) is 109 cm³/mol. The summed E-state index contributed by atoms with van der Waals surface area (Å²) in [6.45, 7) is -0.625. The van der Waals surface area contributed by atoms with E-state index in [9.17, 15) is 44.1 Å². The number of carboxylic acid groups (broad SMARTS) is 3. The molecule has 186 valence electrons. The fourth-order valence-corrected chi connectivity index (χ4v) is 3.17. The second-order valence-corrected chi connectivity index (χ2v) is 6.86. The van der Waals surface area contributed by atoms with E-state index in [0.717, 1.165) is 0 Å². The summed E-state index contributed by atoms with van der Waals surface area (Å²) in [7, 11) is 3.74. The van der Waals surface area contributed by atoms with Gasteiger partial charge in [0.1, 0.15) is 18.1 Å². The third-order valence-corrected chi connectivity index (χ3v) is 4.81. The number of hydrogen-bond donors (Lipinski definition) is 3. The molecule has 3 N–H and O–H groups in total. The molecule has 0 bridgehead atoms. The summed E-state index contributed by atoms with van der Waals surface area (Å²) in [4.78, 5) is 74.9. The van der Waals surface area contributed by atoms with Gasteiger partial charge in [0.15, 0.2) is 0 Å². The number of hydrogen-bond acceptors (Lipinski definition) is 9. The minimum Gasteiger partial charge on any atom is -0.480 e. The van der Waals surface area contributed by atoms with Crippen molar-refractivity contribution in [3.05, 3.63) is 31.5 Å². The van der Waals surface area contributed by atoms with Crippen LogP contribution in [0.25, 0.3) is 0 Å². The van der Waals surface area contributed by atoms with E-state index >= 15 is 0 Å². The zero-order valence-electron chi connectivity index (χ0n) is 18.3. The Labute approximate surface area is 186 Å². The zero-order valence-corrected chi connectivity index (χ0v) is 18.3. The molecule has 15 nitrogen and oxygen atoms in total. The number of carbonyl (C=O) groups is 3. The molecule has 0 saturated carbocycles. The molecule has 1 aromatic heterocycles. The quantitative estimate of drug-likeness (QED) is 0.255. The van der Waals surface area contributed by atoms with Gasteiger partial charge in [-0.1, -0.05) is 0 Å². The Morgan fingerprint density at radius 1 is 0.606 bits per heavy atom. The third-order valence-electron chi connectivity index (χ3n) is 4.81. The summed E-state index contributed by atoms with van der Waals surface area (Å²) in [6, 6.07) is -5.59. The molecule has 3 atom stereocenters. The van der Waals surface area contributed by atoms with Crippen LogP contribution in [0.3, 0.4) is 0 Å². The maximum Gasteiger partial charge on any atom is 0.337 e. The lowest BCUT2D eigenvalue weighted by molar-refractivity contribution is -0.141. The molecule has 33 heavy (non-hydrogen) atoms. The molecule has 0 spiro atoms. The molecule has 1 heterocycles. The van der Waals surface area contributed by atoms with Crippen molar-refractivity contribution in [1.82, 2.24) is 13.7 Å². The van der Waals surface area contributed by atoms with Gasteiger partial charge in [-0.2, -0.15) is 0 Å². The van der Waals surface area contributed by atoms with Gasteiger partial charge in [0.05, 0.1) is 0 Å². The van der Waals surface area contributed by atoms with Gasteiger partial charge in [-0.25, -0.2) is 42.5 Å². The van der Waals surface area contributed by atoms with Crippen molar-refractivity contribution in [2.45, 2.75) is 37.4 Å². The Balaban J connectivity index is 4.10. The predicted octanol–water partition coefficient (Wildman–Crippen LogP) is -1.84. The van der Waals surface area contributed by atoms with Gasteiger partial charge in [-0.05, 0) is 0 Å². The van der Waals surface area contributed by atoms with Crippen LogP contribution >= 0.6 is 0 Å². The summed E-state index contributed by atoms with van der Waals surface area (Å²) in [5, 5.41) is 28.8. The third kappa shape index (κ3) is 6.36. The van der Waals surface area contributed by atoms with E-state index in [1.807, 2.05) is 0 Å². The summed E-state index contributed by atoms with van der Waals surface area (Å²) in [5.41, 5.74) is -4.53. The van der Waals surface area contributed by atoms with E-state index in [1.54, 1.807) is 0 Å². The molecule has 0 saturated heterocycles. The molecule has 0 amide bonds.